The number of amides is 1. The zero-order valence-electron chi connectivity index (χ0n) is 14.8. The summed E-state index contributed by atoms with van der Waals surface area (Å²) < 4.78 is 12.5. The van der Waals surface area contributed by atoms with Crippen molar-refractivity contribution in [1.82, 2.24) is 9.78 Å². The zero-order valence-corrected chi connectivity index (χ0v) is 14.8. The van der Waals surface area contributed by atoms with Crippen LogP contribution in [0.4, 0.5) is 5.69 Å². The summed E-state index contributed by atoms with van der Waals surface area (Å²) in [4.78, 5) is 12.1. The Bertz CT molecular complexity index is 889. The Morgan fingerprint density at radius 3 is 2.85 bits per heavy atom. The lowest BCUT2D eigenvalue weighted by Crippen LogP contribution is -2.20. The van der Waals surface area contributed by atoms with Gasteiger partial charge in [-0.25, -0.2) is 0 Å². The summed E-state index contributed by atoms with van der Waals surface area (Å²) in [6, 6.07) is 15.4. The van der Waals surface area contributed by atoms with Crippen molar-refractivity contribution in [2.24, 2.45) is 0 Å². The van der Waals surface area contributed by atoms with Crippen LogP contribution >= 0.6 is 0 Å². The van der Waals surface area contributed by atoms with Crippen LogP contribution in [0.2, 0.25) is 0 Å². The third-order valence-electron chi connectivity index (χ3n) is 3.85. The molecule has 0 aliphatic carbocycles. The number of nitrogens with zero attached hydrogens (tertiary/aromatic N) is 2. The molecule has 0 fully saturated rings. The third-order valence-corrected chi connectivity index (χ3v) is 3.85. The zero-order chi connectivity index (χ0) is 18.4. The number of aryl methyl sites for hydroxylation is 1. The van der Waals surface area contributed by atoms with E-state index in [2.05, 4.69) is 10.4 Å². The molecule has 0 saturated carbocycles. The van der Waals surface area contributed by atoms with E-state index in [1.165, 1.54) is 0 Å². The molecule has 134 valence electrons. The highest BCUT2D eigenvalue weighted by Gasteiger charge is 2.07. The molecule has 0 bridgehead atoms. The molecule has 0 aliphatic heterocycles. The van der Waals surface area contributed by atoms with Gasteiger partial charge in [0.05, 0.1) is 25.5 Å². The Kier molecular flexibility index (Phi) is 5.53. The van der Waals surface area contributed by atoms with Crippen LogP contribution in [0, 0.1) is 6.92 Å². The highest BCUT2D eigenvalue weighted by Crippen LogP contribution is 2.16. The molecule has 0 unspecified atom stereocenters. The van der Waals surface area contributed by atoms with Gasteiger partial charge >= 0.3 is 0 Å². The number of hydrogen-bond acceptors (Lipinski definition) is 4. The second-order valence-corrected chi connectivity index (χ2v) is 5.88. The minimum absolute atomic E-state index is 0.0497. The van der Waals surface area contributed by atoms with Gasteiger partial charge in [0.25, 0.3) is 5.91 Å². The summed E-state index contributed by atoms with van der Waals surface area (Å²) in [5, 5.41) is 7.06. The molecule has 6 heteroatoms. The van der Waals surface area contributed by atoms with Crippen LogP contribution < -0.4 is 14.8 Å². The van der Waals surface area contributed by atoms with E-state index in [4.69, 9.17) is 9.47 Å². The molecule has 0 atom stereocenters. The lowest BCUT2D eigenvalue weighted by molar-refractivity contribution is -0.118. The van der Waals surface area contributed by atoms with Gasteiger partial charge in [0, 0.05) is 6.20 Å². The number of carbonyl (C=O) groups is 1. The predicted octanol–water partition coefficient (Wildman–Crippen LogP) is 3.27. The molecule has 0 spiro atoms. The maximum Gasteiger partial charge on any atom is 0.262 e. The number of hydrogen-bond donors (Lipinski definition) is 1. The summed E-state index contributed by atoms with van der Waals surface area (Å²) in [6.45, 7) is 2.48. The van der Waals surface area contributed by atoms with Gasteiger partial charge in [-0.1, -0.05) is 30.3 Å². The lowest BCUT2D eigenvalue weighted by atomic mass is 10.2. The van der Waals surface area contributed by atoms with Crippen LogP contribution in [-0.2, 0) is 11.3 Å². The SMILES string of the molecule is COc1cccc(Cn2cc(NC(=O)COc3ccccc3C)cn2)c1. The first-order valence-electron chi connectivity index (χ1n) is 8.28. The number of anilines is 1. The Morgan fingerprint density at radius 1 is 1.19 bits per heavy atom. The van der Waals surface area contributed by atoms with E-state index in [-0.39, 0.29) is 12.5 Å². The van der Waals surface area contributed by atoms with Crippen LogP contribution in [0.3, 0.4) is 0 Å². The van der Waals surface area contributed by atoms with E-state index < -0.39 is 0 Å². The van der Waals surface area contributed by atoms with Crippen LogP contribution in [0.1, 0.15) is 11.1 Å². The number of benzene rings is 2. The van der Waals surface area contributed by atoms with Crippen molar-refractivity contribution in [3.8, 4) is 11.5 Å². The fourth-order valence-electron chi connectivity index (χ4n) is 2.53. The summed E-state index contributed by atoms with van der Waals surface area (Å²) in [5.41, 5.74) is 2.69. The quantitative estimate of drug-likeness (QED) is 0.709. The van der Waals surface area contributed by atoms with E-state index in [9.17, 15) is 4.79 Å². The lowest BCUT2D eigenvalue weighted by Gasteiger charge is -2.08. The first kappa shape index (κ1) is 17.5. The van der Waals surface area contributed by atoms with Crippen molar-refractivity contribution in [2.45, 2.75) is 13.5 Å². The van der Waals surface area contributed by atoms with E-state index >= 15 is 0 Å². The molecule has 26 heavy (non-hydrogen) atoms. The topological polar surface area (TPSA) is 65.4 Å². The summed E-state index contributed by atoms with van der Waals surface area (Å²) in [5.74, 6) is 1.28. The Balaban J connectivity index is 1.54. The second-order valence-electron chi connectivity index (χ2n) is 5.88. The minimum Gasteiger partial charge on any atom is -0.497 e. The van der Waals surface area contributed by atoms with Crippen molar-refractivity contribution in [3.05, 3.63) is 72.1 Å². The van der Waals surface area contributed by atoms with Crippen molar-refractivity contribution < 1.29 is 14.3 Å². The minimum atomic E-state index is -0.228. The van der Waals surface area contributed by atoms with Crippen LogP contribution in [-0.4, -0.2) is 29.4 Å². The number of methoxy groups -OCH3 is 1. The van der Waals surface area contributed by atoms with Crippen LogP contribution in [0.25, 0.3) is 0 Å². The van der Waals surface area contributed by atoms with Gasteiger partial charge in [0.2, 0.25) is 0 Å². The van der Waals surface area contributed by atoms with E-state index in [0.29, 0.717) is 18.0 Å². The third kappa shape index (κ3) is 4.63. The van der Waals surface area contributed by atoms with Crippen LogP contribution in [0.15, 0.2) is 60.9 Å². The molecule has 3 rings (SSSR count). The predicted molar refractivity (Wildman–Crippen MR) is 99.6 cm³/mol. The number of nitrogens with one attached hydrogen (secondary N) is 1. The number of aromatic nitrogens is 2. The fourth-order valence-corrected chi connectivity index (χ4v) is 2.53. The summed E-state index contributed by atoms with van der Waals surface area (Å²) in [7, 11) is 1.64. The molecule has 1 heterocycles. The highest BCUT2D eigenvalue weighted by atomic mass is 16.5. The number of rotatable bonds is 7. The first-order valence-corrected chi connectivity index (χ1v) is 8.28. The Hall–Kier alpha value is -3.28. The molecule has 3 aromatic rings. The maximum absolute atomic E-state index is 12.1. The molecule has 1 aromatic heterocycles. The van der Waals surface area contributed by atoms with E-state index in [1.807, 2.05) is 55.5 Å². The molecule has 0 saturated heterocycles. The van der Waals surface area contributed by atoms with Gasteiger partial charge in [-0.15, -0.1) is 0 Å². The molecule has 1 N–H and O–H groups in total. The second kappa shape index (κ2) is 8.20. The van der Waals surface area contributed by atoms with Crippen molar-refractivity contribution in [3.63, 3.8) is 0 Å². The van der Waals surface area contributed by atoms with Crippen molar-refractivity contribution >= 4 is 11.6 Å². The number of ether oxygens (including phenoxy) is 2. The Morgan fingerprint density at radius 2 is 2.04 bits per heavy atom. The van der Waals surface area contributed by atoms with Crippen molar-refractivity contribution in [1.29, 1.82) is 0 Å². The average Bonchev–Trinajstić information content (AvgIpc) is 3.08. The average molecular weight is 351 g/mol. The van der Waals surface area contributed by atoms with Gasteiger partial charge in [-0.2, -0.15) is 5.10 Å². The largest absolute Gasteiger partial charge is 0.497 e. The first-order chi connectivity index (χ1) is 12.6. The fraction of sp³-hybridized carbons (Fsp3) is 0.200. The van der Waals surface area contributed by atoms with Gasteiger partial charge < -0.3 is 14.8 Å². The van der Waals surface area contributed by atoms with Gasteiger partial charge in [-0.05, 0) is 36.2 Å². The molecular weight excluding hydrogens is 330 g/mol. The maximum atomic E-state index is 12.1. The van der Waals surface area contributed by atoms with E-state index in [1.54, 1.807) is 24.2 Å². The summed E-state index contributed by atoms with van der Waals surface area (Å²) >= 11 is 0. The van der Waals surface area contributed by atoms with Gasteiger partial charge in [-0.3, -0.25) is 9.48 Å². The standard InChI is InChI=1S/C20H21N3O3/c1-15-6-3-4-9-19(15)26-14-20(24)22-17-11-21-23(13-17)12-16-7-5-8-18(10-16)25-2/h3-11,13H,12,14H2,1-2H3,(H,22,24). The molecule has 0 radical (unpaired) electrons. The number of para-hydroxylation sites is 1. The van der Waals surface area contributed by atoms with Crippen molar-refractivity contribution in [2.75, 3.05) is 19.0 Å². The van der Waals surface area contributed by atoms with Gasteiger partial charge in [0.1, 0.15) is 11.5 Å². The van der Waals surface area contributed by atoms with E-state index in [0.717, 1.165) is 16.9 Å². The van der Waals surface area contributed by atoms with Gasteiger partial charge in [0.15, 0.2) is 6.61 Å². The highest BCUT2D eigenvalue weighted by molar-refractivity contribution is 5.91. The molecule has 1 amide bonds. The molecule has 6 nitrogen and oxygen atoms in total. The Labute approximate surface area is 152 Å². The normalized spacial score (nSPS) is 10.4. The molecule has 0 aliphatic rings. The summed E-state index contributed by atoms with van der Waals surface area (Å²) in [6.07, 6.45) is 3.40. The smallest absolute Gasteiger partial charge is 0.262 e. The molecule has 2 aromatic carbocycles. The number of carbonyl (C=O) groups excluding carboxylic acids is 1. The monoisotopic (exact) mass is 351 g/mol. The van der Waals surface area contributed by atoms with Crippen LogP contribution in [0.5, 0.6) is 11.5 Å². The molecular formula is C20H21N3O3.